The first-order valence-electron chi connectivity index (χ1n) is 3.19. The van der Waals surface area contributed by atoms with E-state index in [0.29, 0.717) is 21.3 Å². The van der Waals surface area contributed by atoms with Gasteiger partial charge in [-0.1, -0.05) is 23.2 Å². The lowest BCUT2D eigenvalue weighted by atomic mass is 10.2. The fourth-order valence-corrected chi connectivity index (χ4v) is 1.22. The summed E-state index contributed by atoms with van der Waals surface area (Å²) in [4.78, 5) is 13.4. The van der Waals surface area contributed by atoms with Gasteiger partial charge in [0.25, 0.3) is 0 Å². The second-order valence-electron chi connectivity index (χ2n) is 2.21. The fraction of sp³-hybridized carbons (Fsp3) is 0.125. The predicted molar refractivity (Wildman–Crippen MR) is 49.0 cm³/mol. The van der Waals surface area contributed by atoms with Crippen LogP contribution in [-0.2, 0) is 4.79 Å². The number of nitrogens with zero attached hydrogens (tertiary/aromatic N) is 1. The topological polar surface area (TPSA) is 29.4 Å². The number of benzene rings is 1. The molecule has 62 valence electrons. The molecule has 0 atom stereocenters. The molecular weight excluding hydrogens is 197 g/mol. The summed E-state index contributed by atoms with van der Waals surface area (Å²) in [6.07, 6.45) is 1.42. The normalized spacial score (nSPS) is 9.25. The van der Waals surface area contributed by atoms with Gasteiger partial charge < -0.3 is 0 Å². The molecule has 1 aromatic rings. The van der Waals surface area contributed by atoms with E-state index in [4.69, 9.17) is 23.2 Å². The van der Waals surface area contributed by atoms with Gasteiger partial charge in [0.1, 0.15) is 0 Å². The van der Waals surface area contributed by atoms with Crippen LogP contribution in [0, 0.1) is 6.92 Å². The Labute approximate surface area is 79.8 Å². The summed E-state index contributed by atoms with van der Waals surface area (Å²) in [7, 11) is 0. The summed E-state index contributed by atoms with van der Waals surface area (Å²) >= 11 is 11.5. The van der Waals surface area contributed by atoms with E-state index in [1.165, 1.54) is 6.08 Å². The molecule has 0 amide bonds. The molecule has 0 bridgehead atoms. The summed E-state index contributed by atoms with van der Waals surface area (Å²) in [5.74, 6) is 0. The maximum Gasteiger partial charge on any atom is 0.240 e. The Morgan fingerprint density at radius 3 is 2.50 bits per heavy atom. The molecule has 0 radical (unpaired) electrons. The van der Waals surface area contributed by atoms with Crippen molar-refractivity contribution >= 4 is 35.0 Å². The number of isocyanates is 1. The Balaban J connectivity index is 3.42. The van der Waals surface area contributed by atoms with Gasteiger partial charge in [-0.15, -0.1) is 0 Å². The molecule has 1 aromatic carbocycles. The number of aliphatic imine (C=N–C) groups is 1. The van der Waals surface area contributed by atoms with Gasteiger partial charge in [0.15, 0.2) is 0 Å². The maximum absolute atomic E-state index is 10.00. The molecule has 0 aliphatic carbocycles. The van der Waals surface area contributed by atoms with E-state index < -0.39 is 0 Å². The van der Waals surface area contributed by atoms with Crippen molar-refractivity contribution < 1.29 is 4.79 Å². The van der Waals surface area contributed by atoms with E-state index in [0.717, 1.165) is 0 Å². The average molecular weight is 202 g/mol. The highest BCUT2D eigenvalue weighted by atomic mass is 35.5. The first-order chi connectivity index (χ1) is 5.66. The summed E-state index contributed by atoms with van der Waals surface area (Å²) in [6.45, 7) is 1.74. The van der Waals surface area contributed by atoms with Crippen molar-refractivity contribution in [3.8, 4) is 0 Å². The standard InChI is InChI=1S/C8H5Cl2NO/c1-5-6(9)2-3-7(10)8(5)11-4-12/h2-3H,1H3. The van der Waals surface area contributed by atoms with Crippen molar-refractivity contribution in [1.29, 1.82) is 0 Å². The van der Waals surface area contributed by atoms with Crippen LogP contribution in [0.25, 0.3) is 0 Å². The van der Waals surface area contributed by atoms with Crippen LogP contribution in [0.4, 0.5) is 5.69 Å². The summed E-state index contributed by atoms with van der Waals surface area (Å²) in [5, 5.41) is 0.939. The number of hydrogen-bond acceptors (Lipinski definition) is 2. The minimum atomic E-state index is 0.388. The zero-order valence-corrected chi connectivity index (χ0v) is 7.78. The minimum absolute atomic E-state index is 0.388. The molecule has 0 saturated carbocycles. The summed E-state index contributed by atoms with van der Waals surface area (Å²) in [6, 6.07) is 3.25. The molecule has 0 aliphatic heterocycles. The van der Waals surface area contributed by atoms with E-state index in [1.807, 2.05) is 0 Å². The van der Waals surface area contributed by atoms with Gasteiger partial charge in [0, 0.05) is 5.02 Å². The zero-order chi connectivity index (χ0) is 9.14. The number of rotatable bonds is 1. The predicted octanol–water partition coefficient (Wildman–Crippen LogP) is 3.27. The Morgan fingerprint density at radius 2 is 1.92 bits per heavy atom. The lowest BCUT2D eigenvalue weighted by Crippen LogP contribution is -1.77. The molecule has 4 heteroatoms. The van der Waals surface area contributed by atoms with Gasteiger partial charge in [-0.3, -0.25) is 0 Å². The second kappa shape index (κ2) is 3.72. The molecule has 0 N–H and O–H groups in total. The minimum Gasteiger partial charge on any atom is -0.211 e. The Morgan fingerprint density at radius 1 is 1.33 bits per heavy atom. The van der Waals surface area contributed by atoms with Crippen molar-refractivity contribution in [3.05, 3.63) is 27.7 Å². The van der Waals surface area contributed by atoms with E-state index in [-0.39, 0.29) is 0 Å². The molecule has 0 saturated heterocycles. The van der Waals surface area contributed by atoms with Crippen LogP contribution in [0.5, 0.6) is 0 Å². The third-order valence-electron chi connectivity index (χ3n) is 1.47. The molecule has 0 heterocycles. The van der Waals surface area contributed by atoms with Gasteiger partial charge in [-0.2, -0.15) is 4.99 Å². The first kappa shape index (κ1) is 9.27. The van der Waals surface area contributed by atoms with Gasteiger partial charge >= 0.3 is 0 Å². The van der Waals surface area contributed by atoms with Crippen LogP contribution >= 0.6 is 23.2 Å². The Hall–Kier alpha value is -0.820. The highest BCUT2D eigenvalue weighted by Gasteiger charge is 2.05. The fourth-order valence-electron chi connectivity index (χ4n) is 0.825. The van der Waals surface area contributed by atoms with Crippen LogP contribution in [0.15, 0.2) is 17.1 Å². The molecule has 2 nitrogen and oxygen atoms in total. The molecule has 0 unspecified atom stereocenters. The lowest BCUT2D eigenvalue weighted by molar-refractivity contribution is 0.565. The smallest absolute Gasteiger partial charge is 0.211 e. The van der Waals surface area contributed by atoms with E-state index in [1.54, 1.807) is 19.1 Å². The average Bonchev–Trinajstić information content (AvgIpc) is 2.06. The van der Waals surface area contributed by atoms with Crippen molar-refractivity contribution in [3.63, 3.8) is 0 Å². The van der Waals surface area contributed by atoms with Crippen LogP contribution in [0.1, 0.15) is 5.56 Å². The summed E-state index contributed by atoms with van der Waals surface area (Å²) < 4.78 is 0. The molecule has 12 heavy (non-hydrogen) atoms. The van der Waals surface area contributed by atoms with Gasteiger partial charge in [-0.05, 0) is 24.6 Å². The van der Waals surface area contributed by atoms with E-state index in [2.05, 4.69) is 4.99 Å². The third-order valence-corrected chi connectivity index (χ3v) is 2.19. The van der Waals surface area contributed by atoms with Crippen LogP contribution in [-0.4, -0.2) is 6.08 Å². The highest BCUT2D eigenvalue weighted by Crippen LogP contribution is 2.32. The number of halogens is 2. The highest BCUT2D eigenvalue weighted by molar-refractivity contribution is 6.35. The number of hydrogen-bond donors (Lipinski definition) is 0. The van der Waals surface area contributed by atoms with Crippen LogP contribution in [0.2, 0.25) is 10.0 Å². The summed E-state index contributed by atoms with van der Waals surface area (Å²) in [5.41, 5.74) is 1.08. The Bertz CT molecular complexity index is 356. The SMILES string of the molecule is Cc1c(Cl)ccc(Cl)c1N=C=O. The lowest BCUT2D eigenvalue weighted by Gasteiger charge is -2.01. The Kier molecular flexibility index (Phi) is 2.88. The third kappa shape index (κ3) is 1.67. The van der Waals surface area contributed by atoms with E-state index >= 15 is 0 Å². The number of carbonyl (C=O) groups excluding carboxylic acids is 1. The molecule has 0 aromatic heterocycles. The monoisotopic (exact) mass is 201 g/mol. The van der Waals surface area contributed by atoms with Crippen molar-refractivity contribution in [1.82, 2.24) is 0 Å². The van der Waals surface area contributed by atoms with Gasteiger partial charge in [0.05, 0.1) is 10.7 Å². The molecule has 0 spiro atoms. The second-order valence-corrected chi connectivity index (χ2v) is 3.02. The zero-order valence-electron chi connectivity index (χ0n) is 6.27. The van der Waals surface area contributed by atoms with Crippen molar-refractivity contribution in [2.24, 2.45) is 4.99 Å². The van der Waals surface area contributed by atoms with Gasteiger partial charge in [-0.25, -0.2) is 4.79 Å². The van der Waals surface area contributed by atoms with E-state index in [9.17, 15) is 4.79 Å². The molecular formula is C8H5Cl2NO. The van der Waals surface area contributed by atoms with Crippen LogP contribution in [0.3, 0.4) is 0 Å². The van der Waals surface area contributed by atoms with Crippen LogP contribution < -0.4 is 0 Å². The largest absolute Gasteiger partial charge is 0.240 e. The molecule has 1 rings (SSSR count). The van der Waals surface area contributed by atoms with Crippen molar-refractivity contribution in [2.75, 3.05) is 0 Å². The quantitative estimate of drug-likeness (QED) is 0.507. The molecule has 0 fully saturated rings. The first-order valence-corrected chi connectivity index (χ1v) is 3.95. The van der Waals surface area contributed by atoms with Crippen molar-refractivity contribution in [2.45, 2.75) is 6.92 Å². The van der Waals surface area contributed by atoms with Gasteiger partial charge in [0.2, 0.25) is 6.08 Å². The molecule has 0 aliphatic rings. The maximum atomic E-state index is 10.00.